The van der Waals surface area contributed by atoms with Crippen molar-refractivity contribution in [1.82, 2.24) is 0 Å². The lowest BCUT2D eigenvalue weighted by Gasteiger charge is -2.01. The Morgan fingerprint density at radius 2 is 2.56 bits per heavy atom. The first-order chi connectivity index (χ1) is 4.11. The van der Waals surface area contributed by atoms with E-state index in [2.05, 4.69) is 6.58 Å². The molecule has 0 aromatic carbocycles. The second kappa shape index (κ2) is 1.67. The molecule has 9 heavy (non-hydrogen) atoms. The summed E-state index contributed by atoms with van der Waals surface area (Å²) >= 11 is 0. The van der Waals surface area contributed by atoms with Crippen molar-refractivity contribution in [2.24, 2.45) is 11.7 Å². The number of Topliss-reactive ketones (excluding diaryl/α,β-unsaturated/α-hetero) is 1. The van der Waals surface area contributed by atoms with Gasteiger partial charge in [0.2, 0.25) is 0 Å². The maximum Gasteiger partial charge on any atom is 0.150 e. The predicted octanol–water partition coefficient (Wildman–Crippen LogP) is 0.479. The lowest BCUT2D eigenvalue weighted by molar-refractivity contribution is -0.119. The van der Waals surface area contributed by atoms with Crippen LogP contribution in [0, 0.1) is 5.92 Å². The second-order valence-electron chi connectivity index (χ2n) is 2.64. The van der Waals surface area contributed by atoms with Gasteiger partial charge in [0, 0.05) is 5.92 Å². The number of hydrogen-bond acceptors (Lipinski definition) is 2. The van der Waals surface area contributed by atoms with E-state index >= 15 is 0 Å². The van der Waals surface area contributed by atoms with Crippen molar-refractivity contribution in [2.75, 3.05) is 0 Å². The number of ketones is 1. The Morgan fingerprint density at radius 1 is 2.00 bits per heavy atom. The number of carbonyl (C=O) groups is 1. The fraction of sp³-hybridized carbons (Fsp3) is 0.571. The van der Waals surface area contributed by atoms with Crippen LogP contribution in [0.4, 0.5) is 0 Å². The highest BCUT2D eigenvalue weighted by molar-refractivity contribution is 5.90. The molecule has 0 spiro atoms. The lowest BCUT2D eigenvalue weighted by Crippen LogP contribution is -2.32. The van der Waals surface area contributed by atoms with Crippen molar-refractivity contribution in [3.8, 4) is 0 Å². The van der Waals surface area contributed by atoms with Gasteiger partial charge in [0.25, 0.3) is 0 Å². The van der Waals surface area contributed by atoms with Gasteiger partial charge < -0.3 is 5.73 Å². The van der Waals surface area contributed by atoms with E-state index in [0.29, 0.717) is 0 Å². The summed E-state index contributed by atoms with van der Waals surface area (Å²) < 4.78 is 0. The molecule has 1 saturated carbocycles. The van der Waals surface area contributed by atoms with E-state index in [4.69, 9.17) is 5.73 Å². The summed E-state index contributed by atoms with van der Waals surface area (Å²) in [6, 6.07) is 0. The third-order valence-electron chi connectivity index (χ3n) is 2.00. The molecule has 2 atom stereocenters. The first-order valence-corrected chi connectivity index (χ1v) is 3.03. The predicted molar refractivity (Wildman–Crippen MR) is 35.9 cm³/mol. The molecule has 0 bridgehead atoms. The molecule has 1 unspecified atom stereocenters. The molecule has 1 aliphatic carbocycles. The highest BCUT2D eigenvalue weighted by atomic mass is 16.1. The van der Waals surface area contributed by atoms with Gasteiger partial charge >= 0.3 is 0 Å². The van der Waals surface area contributed by atoms with E-state index in [9.17, 15) is 4.79 Å². The highest BCUT2D eigenvalue weighted by Gasteiger charge is 2.52. The van der Waals surface area contributed by atoms with Crippen LogP contribution in [0.3, 0.4) is 0 Å². The Bertz CT molecular complexity index is 164. The highest BCUT2D eigenvalue weighted by Crippen LogP contribution is 2.42. The molecular weight excluding hydrogens is 114 g/mol. The van der Waals surface area contributed by atoms with E-state index in [1.54, 1.807) is 6.08 Å². The Balaban J connectivity index is 2.62. The van der Waals surface area contributed by atoms with Gasteiger partial charge in [-0.25, -0.2) is 0 Å². The maximum atomic E-state index is 10.7. The number of carbonyl (C=O) groups excluding carboxylic acids is 1. The fourth-order valence-corrected chi connectivity index (χ4v) is 1.00. The van der Waals surface area contributed by atoms with Crippen LogP contribution in [-0.2, 0) is 4.79 Å². The van der Waals surface area contributed by atoms with Crippen LogP contribution in [-0.4, -0.2) is 11.3 Å². The first-order valence-electron chi connectivity index (χ1n) is 3.03. The Kier molecular flexibility index (Phi) is 1.21. The van der Waals surface area contributed by atoms with Crippen molar-refractivity contribution in [2.45, 2.75) is 18.9 Å². The minimum Gasteiger partial charge on any atom is -0.318 e. The summed E-state index contributed by atoms with van der Waals surface area (Å²) in [5.41, 5.74) is 5.08. The minimum atomic E-state index is -0.540. The van der Waals surface area contributed by atoms with Gasteiger partial charge in [-0.1, -0.05) is 6.08 Å². The zero-order valence-corrected chi connectivity index (χ0v) is 5.55. The summed E-state index contributed by atoms with van der Waals surface area (Å²) in [4.78, 5) is 10.7. The lowest BCUT2D eigenvalue weighted by atomic mass is 10.1. The molecule has 0 aromatic rings. The molecule has 2 N–H and O–H groups in total. The molecule has 0 aliphatic heterocycles. The average molecular weight is 125 g/mol. The quantitative estimate of drug-likeness (QED) is 0.545. The zero-order valence-electron chi connectivity index (χ0n) is 5.55. The summed E-state index contributed by atoms with van der Waals surface area (Å²) in [6.45, 7) is 5.10. The zero-order chi connectivity index (χ0) is 7.07. The molecule has 0 aromatic heterocycles. The summed E-state index contributed by atoms with van der Waals surface area (Å²) in [5, 5.41) is 0. The van der Waals surface area contributed by atoms with Crippen LogP contribution >= 0.6 is 0 Å². The summed E-state index contributed by atoms with van der Waals surface area (Å²) in [6.07, 6.45) is 2.53. The van der Waals surface area contributed by atoms with Gasteiger partial charge in [-0.3, -0.25) is 4.79 Å². The van der Waals surface area contributed by atoms with Crippen LogP contribution < -0.4 is 5.73 Å². The summed E-state index contributed by atoms with van der Waals surface area (Å²) in [7, 11) is 0. The Hall–Kier alpha value is -0.630. The van der Waals surface area contributed by atoms with Gasteiger partial charge in [-0.05, 0) is 13.3 Å². The van der Waals surface area contributed by atoms with Crippen molar-refractivity contribution in [3.05, 3.63) is 12.7 Å². The second-order valence-corrected chi connectivity index (χ2v) is 2.64. The molecule has 1 aliphatic rings. The van der Waals surface area contributed by atoms with Gasteiger partial charge in [-0.15, -0.1) is 6.58 Å². The third kappa shape index (κ3) is 0.793. The molecule has 1 rings (SSSR count). The topological polar surface area (TPSA) is 43.1 Å². The maximum absolute atomic E-state index is 10.7. The molecular formula is C7H11NO. The smallest absolute Gasteiger partial charge is 0.150 e. The van der Waals surface area contributed by atoms with Gasteiger partial charge in [0.15, 0.2) is 0 Å². The monoisotopic (exact) mass is 125 g/mol. The van der Waals surface area contributed by atoms with Crippen LogP contribution in [0.1, 0.15) is 13.3 Å². The number of hydrogen-bond donors (Lipinski definition) is 1. The van der Waals surface area contributed by atoms with E-state index in [-0.39, 0.29) is 11.7 Å². The Morgan fingerprint density at radius 3 is 2.67 bits per heavy atom. The molecule has 0 saturated heterocycles. The first kappa shape index (κ1) is 6.49. The van der Waals surface area contributed by atoms with Gasteiger partial charge in [0.1, 0.15) is 5.78 Å². The van der Waals surface area contributed by atoms with Crippen LogP contribution in [0.5, 0.6) is 0 Å². The van der Waals surface area contributed by atoms with Crippen LogP contribution in [0.25, 0.3) is 0 Å². The van der Waals surface area contributed by atoms with Gasteiger partial charge in [0.05, 0.1) is 5.54 Å². The SMILES string of the molecule is C=C[C@@H]1CC1(N)C(C)=O. The van der Waals surface area contributed by atoms with E-state index in [0.717, 1.165) is 6.42 Å². The molecule has 2 nitrogen and oxygen atoms in total. The van der Waals surface area contributed by atoms with Crippen molar-refractivity contribution in [3.63, 3.8) is 0 Å². The minimum absolute atomic E-state index is 0.0763. The fourth-order valence-electron chi connectivity index (χ4n) is 1.00. The van der Waals surface area contributed by atoms with Gasteiger partial charge in [-0.2, -0.15) is 0 Å². The number of rotatable bonds is 2. The van der Waals surface area contributed by atoms with E-state index in [1.807, 2.05) is 0 Å². The van der Waals surface area contributed by atoms with E-state index in [1.165, 1.54) is 6.92 Å². The summed E-state index contributed by atoms with van der Waals surface area (Å²) in [5.74, 6) is 0.308. The molecule has 1 fully saturated rings. The molecule has 0 radical (unpaired) electrons. The molecule has 50 valence electrons. The molecule has 2 heteroatoms. The van der Waals surface area contributed by atoms with Crippen molar-refractivity contribution in [1.29, 1.82) is 0 Å². The standard InChI is InChI=1S/C7H11NO/c1-3-6-4-7(6,8)5(2)9/h3,6H,1,4,8H2,2H3/t6-,7?/m1/s1. The third-order valence-corrected chi connectivity index (χ3v) is 2.00. The Labute approximate surface area is 54.7 Å². The largest absolute Gasteiger partial charge is 0.318 e. The molecule has 0 amide bonds. The van der Waals surface area contributed by atoms with Crippen molar-refractivity contribution >= 4 is 5.78 Å². The normalized spacial score (nSPS) is 40.0. The van der Waals surface area contributed by atoms with E-state index < -0.39 is 5.54 Å². The van der Waals surface area contributed by atoms with Crippen LogP contribution in [0.15, 0.2) is 12.7 Å². The average Bonchev–Trinajstić information content (AvgIpc) is 2.44. The van der Waals surface area contributed by atoms with Crippen LogP contribution in [0.2, 0.25) is 0 Å². The number of nitrogens with two attached hydrogens (primary N) is 1. The molecule has 0 heterocycles. The van der Waals surface area contributed by atoms with Crippen molar-refractivity contribution < 1.29 is 4.79 Å².